The fraction of sp³-hybridized carbons (Fsp3) is 0.619. The molecule has 6 heteroatoms. The van der Waals surface area contributed by atoms with Crippen molar-refractivity contribution < 1.29 is 14.0 Å². The number of nitrogens with zero attached hydrogens (tertiary/aromatic N) is 3. The number of hydrogen-bond acceptors (Lipinski definition) is 3. The lowest BCUT2D eigenvalue weighted by atomic mass is 9.87. The summed E-state index contributed by atoms with van der Waals surface area (Å²) < 4.78 is 13.0. The van der Waals surface area contributed by atoms with Crippen LogP contribution in [0.2, 0.25) is 0 Å². The highest BCUT2D eigenvalue weighted by Gasteiger charge is 2.28. The van der Waals surface area contributed by atoms with E-state index < -0.39 is 0 Å². The second-order valence-corrected chi connectivity index (χ2v) is 7.99. The number of carbonyl (C=O) groups excluding carboxylic acids is 2. The summed E-state index contributed by atoms with van der Waals surface area (Å²) in [6.07, 6.45) is 4.60. The van der Waals surface area contributed by atoms with E-state index in [0.717, 1.165) is 18.8 Å². The average Bonchev–Trinajstić information content (AvgIpc) is 2.68. The SMILES string of the molecule is CC1CCC(N(C)C(=O)CN2CCN(C(=O)c3ccc(F)cc3)CC2)CC1. The van der Waals surface area contributed by atoms with Crippen molar-refractivity contribution in [2.45, 2.75) is 38.6 Å². The number of rotatable bonds is 4. The standard InChI is InChI=1S/C21H30FN3O2/c1-16-3-9-19(10-4-16)23(2)20(26)15-24-11-13-25(14-12-24)21(27)17-5-7-18(22)8-6-17/h5-8,16,19H,3-4,9-15H2,1-2H3. The van der Waals surface area contributed by atoms with Crippen molar-refractivity contribution in [2.24, 2.45) is 5.92 Å². The predicted molar refractivity (Wildman–Crippen MR) is 103 cm³/mol. The summed E-state index contributed by atoms with van der Waals surface area (Å²) in [5, 5.41) is 0. The van der Waals surface area contributed by atoms with Crippen molar-refractivity contribution in [3.05, 3.63) is 35.6 Å². The largest absolute Gasteiger partial charge is 0.342 e. The Kier molecular flexibility index (Phi) is 6.47. The van der Waals surface area contributed by atoms with Crippen molar-refractivity contribution in [1.29, 1.82) is 0 Å². The van der Waals surface area contributed by atoms with Gasteiger partial charge < -0.3 is 9.80 Å². The van der Waals surface area contributed by atoms with Gasteiger partial charge in [-0.2, -0.15) is 0 Å². The molecule has 1 saturated heterocycles. The summed E-state index contributed by atoms with van der Waals surface area (Å²) in [4.78, 5) is 31.0. The Balaban J connectivity index is 1.45. The van der Waals surface area contributed by atoms with Crippen molar-refractivity contribution in [1.82, 2.24) is 14.7 Å². The van der Waals surface area contributed by atoms with Crippen LogP contribution < -0.4 is 0 Å². The van der Waals surface area contributed by atoms with Crippen molar-refractivity contribution in [2.75, 3.05) is 39.8 Å². The Bertz CT molecular complexity index is 648. The summed E-state index contributed by atoms with van der Waals surface area (Å²) >= 11 is 0. The number of likely N-dealkylation sites (N-methyl/N-ethyl adjacent to an activating group) is 1. The molecule has 0 aromatic heterocycles. The van der Waals surface area contributed by atoms with Gasteiger partial charge in [0.2, 0.25) is 5.91 Å². The van der Waals surface area contributed by atoms with Crippen LogP contribution in [0.25, 0.3) is 0 Å². The van der Waals surface area contributed by atoms with E-state index in [1.54, 1.807) is 4.90 Å². The zero-order chi connectivity index (χ0) is 19.4. The van der Waals surface area contributed by atoms with Gasteiger partial charge in [-0.15, -0.1) is 0 Å². The third kappa shape index (κ3) is 5.06. The number of piperazine rings is 1. The molecule has 2 aliphatic rings. The molecule has 1 saturated carbocycles. The molecular formula is C21H30FN3O2. The van der Waals surface area contributed by atoms with E-state index in [0.29, 0.717) is 44.3 Å². The Morgan fingerprint density at radius 2 is 1.63 bits per heavy atom. The molecule has 0 bridgehead atoms. The summed E-state index contributed by atoms with van der Waals surface area (Å²) in [6, 6.07) is 6.03. The second kappa shape index (κ2) is 8.83. The number of halogens is 1. The lowest BCUT2D eigenvalue weighted by Crippen LogP contribution is -2.52. The van der Waals surface area contributed by atoms with Gasteiger partial charge in [-0.1, -0.05) is 6.92 Å². The molecule has 1 aliphatic carbocycles. The first kappa shape index (κ1) is 19.8. The molecule has 0 spiro atoms. The predicted octanol–water partition coefficient (Wildman–Crippen LogP) is 2.62. The molecule has 2 fully saturated rings. The molecule has 0 radical (unpaired) electrons. The van der Waals surface area contributed by atoms with Crippen LogP contribution >= 0.6 is 0 Å². The van der Waals surface area contributed by atoms with Crippen LogP contribution in [0.5, 0.6) is 0 Å². The lowest BCUT2D eigenvalue weighted by molar-refractivity contribution is -0.134. The zero-order valence-corrected chi connectivity index (χ0v) is 16.4. The minimum Gasteiger partial charge on any atom is -0.342 e. The molecular weight excluding hydrogens is 345 g/mol. The van der Waals surface area contributed by atoms with Crippen LogP contribution in [-0.4, -0.2) is 72.3 Å². The normalized spacial score (nSPS) is 23.9. The van der Waals surface area contributed by atoms with Gasteiger partial charge in [0.15, 0.2) is 0 Å². The van der Waals surface area contributed by atoms with Gasteiger partial charge in [-0.3, -0.25) is 14.5 Å². The van der Waals surface area contributed by atoms with E-state index in [2.05, 4.69) is 11.8 Å². The van der Waals surface area contributed by atoms with Crippen molar-refractivity contribution in [3.8, 4) is 0 Å². The molecule has 1 heterocycles. The maximum absolute atomic E-state index is 13.0. The first-order valence-corrected chi connectivity index (χ1v) is 9.97. The average molecular weight is 375 g/mol. The number of benzene rings is 1. The third-order valence-electron chi connectivity index (χ3n) is 6.04. The molecule has 5 nitrogen and oxygen atoms in total. The third-order valence-corrected chi connectivity index (χ3v) is 6.04. The van der Waals surface area contributed by atoms with E-state index in [1.165, 1.54) is 37.1 Å². The minimum atomic E-state index is -0.341. The fourth-order valence-corrected chi connectivity index (χ4v) is 4.02. The molecule has 2 amide bonds. The summed E-state index contributed by atoms with van der Waals surface area (Å²) in [5.41, 5.74) is 0.507. The summed E-state index contributed by atoms with van der Waals surface area (Å²) in [7, 11) is 1.93. The first-order valence-electron chi connectivity index (χ1n) is 9.97. The van der Waals surface area contributed by atoms with Crippen molar-refractivity contribution >= 4 is 11.8 Å². The smallest absolute Gasteiger partial charge is 0.253 e. The van der Waals surface area contributed by atoms with Gasteiger partial charge in [-0.05, 0) is 55.9 Å². The summed E-state index contributed by atoms with van der Waals surface area (Å²) in [5.74, 6) is 0.533. The van der Waals surface area contributed by atoms with Crippen LogP contribution in [0, 0.1) is 11.7 Å². The van der Waals surface area contributed by atoms with E-state index in [9.17, 15) is 14.0 Å². The molecule has 1 aliphatic heterocycles. The molecule has 1 aromatic carbocycles. The highest BCUT2D eigenvalue weighted by atomic mass is 19.1. The van der Waals surface area contributed by atoms with Crippen molar-refractivity contribution in [3.63, 3.8) is 0 Å². The molecule has 3 rings (SSSR count). The van der Waals surface area contributed by atoms with Gasteiger partial charge >= 0.3 is 0 Å². The molecule has 0 N–H and O–H groups in total. The van der Waals surface area contributed by atoms with Gasteiger partial charge in [0.1, 0.15) is 5.82 Å². The zero-order valence-electron chi connectivity index (χ0n) is 16.4. The van der Waals surface area contributed by atoms with Crippen LogP contribution in [0.3, 0.4) is 0 Å². The van der Waals surface area contributed by atoms with Crippen LogP contribution in [0.4, 0.5) is 4.39 Å². The van der Waals surface area contributed by atoms with Gasteiger partial charge in [0, 0.05) is 44.8 Å². The monoisotopic (exact) mass is 375 g/mol. The number of carbonyl (C=O) groups is 2. The molecule has 148 valence electrons. The second-order valence-electron chi connectivity index (χ2n) is 7.99. The Labute approximate surface area is 161 Å². The maximum atomic E-state index is 13.0. The van der Waals surface area contributed by atoms with Gasteiger partial charge in [0.25, 0.3) is 5.91 Å². The topological polar surface area (TPSA) is 43.9 Å². The van der Waals surface area contributed by atoms with Crippen LogP contribution in [0.1, 0.15) is 43.0 Å². The summed E-state index contributed by atoms with van der Waals surface area (Å²) in [6.45, 7) is 5.26. The molecule has 0 atom stereocenters. The number of amides is 2. The van der Waals surface area contributed by atoms with Gasteiger partial charge in [0.05, 0.1) is 6.54 Å². The fourth-order valence-electron chi connectivity index (χ4n) is 4.02. The Morgan fingerprint density at radius 3 is 2.22 bits per heavy atom. The quantitative estimate of drug-likeness (QED) is 0.813. The van der Waals surface area contributed by atoms with Crippen LogP contribution in [0.15, 0.2) is 24.3 Å². The van der Waals surface area contributed by atoms with E-state index in [-0.39, 0.29) is 17.6 Å². The highest BCUT2D eigenvalue weighted by molar-refractivity contribution is 5.94. The Morgan fingerprint density at radius 1 is 1.04 bits per heavy atom. The van der Waals surface area contributed by atoms with E-state index >= 15 is 0 Å². The van der Waals surface area contributed by atoms with Gasteiger partial charge in [-0.25, -0.2) is 4.39 Å². The first-order chi connectivity index (χ1) is 12.9. The van der Waals surface area contributed by atoms with E-state index in [1.807, 2.05) is 11.9 Å². The molecule has 0 unspecified atom stereocenters. The Hall–Kier alpha value is -1.95. The van der Waals surface area contributed by atoms with Crippen LogP contribution in [-0.2, 0) is 4.79 Å². The highest BCUT2D eigenvalue weighted by Crippen LogP contribution is 2.26. The lowest BCUT2D eigenvalue weighted by Gasteiger charge is -2.37. The number of hydrogen-bond donors (Lipinski definition) is 0. The minimum absolute atomic E-state index is 0.0746. The molecule has 27 heavy (non-hydrogen) atoms. The van der Waals surface area contributed by atoms with E-state index in [4.69, 9.17) is 0 Å². The maximum Gasteiger partial charge on any atom is 0.253 e. The molecule has 1 aromatic rings.